The van der Waals surface area contributed by atoms with Gasteiger partial charge in [-0.1, -0.05) is 12.1 Å². The Morgan fingerprint density at radius 2 is 1.85 bits per heavy atom. The highest BCUT2D eigenvalue weighted by Gasteiger charge is 2.38. The third-order valence-corrected chi connectivity index (χ3v) is 6.52. The molecule has 0 aliphatic carbocycles. The van der Waals surface area contributed by atoms with Crippen molar-refractivity contribution in [3.8, 4) is 0 Å². The maximum atomic E-state index is 13.6. The zero-order chi connectivity index (χ0) is 24.6. The van der Waals surface area contributed by atoms with Crippen LogP contribution in [0.2, 0.25) is 0 Å². The number of alkyl halides is 3. The minimum absolute atomic E-state index is 0.0171. The average Bonchev–Trinajstić information content (AvgIpc) is 3.17. The van der Waals surface area contributed by atoms with Crippen LogP contribution < -0.4 is 11.2 Å². The molecule has 182 valence electrons. The molecular weight excluding hydrogens is 451 g/mol. The summed E-state index contributed by atoms with van der Waals surface area (Å²) in [6.45, 7) is 2.70. The molecule has 0 unspecified atom stereocenters. The molecule has 0 saturated carbocycles. The van der Waals surface area contributed by atoms with E-state index in [0.717, 1.165) is 4.57 Å². The number of amides is 1. The quantitative estimate of drug-likeness (QED) is 0.612. The van der Waals surface area contributed by atoms with Gasteiger partial charge in [-0.25, -0.2) is 9.78 Å². The van der Waals surface area contributed by atoms with E-state index in [4.69, 9.17) is 0 Å². The number of piperidine rings is 1. The van der Waals surface area contributed by atoms with Gasteiger partial charge in [0.05, 0.1) is 11.0 Å². The number of carbonyl (C=O) groups excluding carboxylic acids is 1. The van der Waals surface area contributed by atoms with Crippen molar-refractivity contribution in [3.05, 3.63) is 62.2 Å². The summed E-state index contributed by atoms with van der Waals surface area (Å²) in [6, 6.07) is 6.56. The summed E-state index contributed by atoms with van der Waals surface area (Å²) < 4.78 is 42.9. The fraction of sp³-hybridized carbons (Fsp3) is 0.478. The summed E-state index contributed by atoms with van der Waals surface area (Å²) in [7, 11) is 1.38. The number of carbonyl (C=O) groups is 1. The number of hydrogen-bond acceptors (Lipinski definition) is 4. The predicted molar refractivity (Wildman–Crippen MR) is 119 cm³/mol. The van der Waals surface area contributed by atoms with Gasteiger partial charge >= 0.3 is 11.9 Å². The summed E-state index contributed by atoms with van der Waals surface area (Å²) in [6.07, 6.45) is -3.06. The number of imidazole rings is 1. The van der Waals surface area contributed by atoms with Gasteiger partial charge in [0.25, 0.3) is 5.56 Å². The van der Waals surface area contributed by atoms with Crippen molar-refractivity contribution >= 4 is 16.9 Å². The van der Waals surface area contributed by atoms with Gasteiger partial charge in [-0.15, -0.1) is 0 Å². The van der Waals surface area contributed by atoms with Crippen molar-refractivity contribution in [2.24, 2.45) is 13.0 Å². The van der Waals surface area contributed by atoms with E-state index >= 15 is 0 Å². The molecule has 3 aromatic rings. The first-order valence-electron chi connectivity index (χ1n) is 11.1. The third-order valence-electron chi connectivity index (χ3n) is 6.52. The molecule has 2 aromatic heterocycles. The maximum Gasteiger partial charge on any atom is 0.449 e. The summed E-state index contributed by atoms with van der Waals surface area (Å²) in [5.41, 5.74) is 0.696. The highest BCUT2D eigenvalue weighted by molar-refractivity contribution is 5.77. The molecular formula is C23H26F3N5O3. The van der Waals surface area contributed by atoms with E-state index in [1.807, 2.05) is 0 Å². The van der Waals surface area contributed by atoms with Crippen LogP contribution in [0.1, 0.15) is 36.3 Å². The average molecular weight is 477 g/mol. The first-order valence-corrected chi connectivity index (χ1v) is 11.1. The van der Waals surface area contributed by atoms with Crippen LogP contribution in [0.15, 0.2) is 33.9 Å². The highest BCUT2D eigenvalue weighted by atomic mass is 19.4. The van der Waals surface area contributed by atoms with Crippen LogP contribution in [0.5, 0.6) is 0 Å². The second-order valence-corrected chi connectivity index (χ2v) is 8.75. The van der Waals surface area contributed by atoms with E-state index < -0.39 is 23.2 Å². The lowest BCUT2D eigenvalue weighted by Crippen LogP contribution is -2.40. The third kappa shape index (κ3) is 4.64. The molecule has 0 atom stereocenters. The molecule has 0 radical (unpaired) electrons. The predicted octanol–water partition coefficient (Wildman–Crippen LogP) is 2.62. The van der Waals surface area contributed by atoms with E-state index in [-0.39, 0.29) is 31.2 Å². The van der Waals surface area contributed by atoms with E-state index in [1.165, 1.54) is 11.6 Å². The zero-order valence-corrected chi connectivity index (χ0v) is 19.0. The van der Waals surface area contributed by atoms with Crippen molar-refractivity contribution in [2.45, 2.75) is 45.3 Å². The van der Waals surface area contributed by atoms with Crippen molar-refractivity contribution in [1.82, 2.24) is 24.0 Å². The molecule has 1 aromatic carbocycles. The first kappa shape index (κ1) is 23.8. The Hall–Kier alpha value is -3.37. The van der Waals surface area contributed by atoms with Gasteiger partial charge in [-0.3, -0.25) is 14.2 Å². The number of benzene rings is 1. The second-order valence-electron chi connectivity index (χ2n) is 8.75. The van der Waals surface area contributed by atoms with Crippen LogP contribution in [0, 0.1) is 12.8 Å². The van der Waals surface area contributed by atoms with Gasteiger partial charge in [-0.2, -0.15) is 13.2 Å². The van der Waals surface area contributed by atoms with Gasteiger partial charge in [0.2, 0.25) is 11.7 Å². The van der Waals surface area contributed by atoms with Crippen molar-refractivity contribution in [3.63, 3.8) is 0 Å². The normalized spacial score (nSPS) is 15.3. The number of halogens is 3. The lowest BCUT2D eigenvalue weighted by molar-refractivity contribution is -0.147. The SMILES string of the molecule is Cc1[nH]c(=O)n(C)c(=O)c1CCC(=O)N1CCC(Cn2c(C(F)(F)F)nc3ccccc32)CC1. The summed E-state index contributed by atoms with van der Waals surface area (Å²) in [5.74, 6) is -1.03. The van der Waals surface area contributed by atoms with Gasteiger partial charge in [0.1, 0.15) is 0 Å². The lowest BCUT2D eigenvalue weighted by atomic mass is 9.96. The van der Waals surface area contributed by atoms with Gasteiger partial charge < -0.3 is 14.5 Å². The number of para-hydroxylation sites is 2. The Labute approximate surface area is 193 Å². The van der Waals surface area contributed by atoms with Crippen LogP contribution in [-0.2, 0) is 31.0 Å². The first-order chi connectivity index (χ1) is 16.1. The molecule has 8 nitrogen and oxygen atoms in total. The topological polar surface area (TPSA) is 93.0 Å². The largest absolute Gasteiger partial charge is 0.449 e. The number of aromatic nitrogens is 4. The van der Waals surface area contributed by atoms with E-state index in [2.05, 4.69) is 9.97 Å². The molecule has 3 heterocycles. The van der Waals surface area contributed by atoms with Crippen LogP contribution in [-0.4, -0.2) is 43.0 Å². The molecule has 1 aliphatic heterocycles. The van der Waals surface area contributed by atoms with Crippen LogP contribution in [0.25, 0.3) is 11.0 Å². The maximum absolute atomic E-state index is 13.6. The number of fused-ring (bicyclic) bond motifs is 1. The minimum Gasteiger partial charge on any atom is -0.343 e. The van der Waals surface area contributed by atoms with Crippen LogP contribution >= 0.6 is 0 Å². The van der Waals surface area contributed by atoms with E-state index in [0.29, 0.717) is 48.2 Å². The van der Waals surface area contributed by atoms with Gasteiger partial charge in [-0.05, 0) is 44.2 Å². The molecule has 0 bridgehead atoms. The molecule has 11 heteroatoms. The fourth-order valence-electron chi connectivity index (χ4n) is 4.56. The second kappa shape index (κ2) is 9.11. The number of H-pyrrole nitrogens is 1. The van der Waals surface area contributed by atoms with Crippen molar-refractivity contribution in [1.29, 1.82) is 0 Å². The lowest BCUT2D eigenvalue weighted by Gasteiger charge is -2.32. The zero-order valence-electron chi connectivity index (χ0n) is 19.0. The summed E-state index contributed by atoms with van der Waals surface area (Å²) >= 11 is 0. The Bertz CT molecular complexity index is 1330. The molecule has 1 fully saturated rings. The van der Waals surface area contributed by atoms with E-state index in [9.17, 15) is 27.6 Å². The van der Waals surface area contributed by atoms with Crippen LogP contribution in [0.3, 0.4) is 0 Å². The monoisotopic (exact) mass is 477 g/mol. The number of aryl methyl sites for hydroxylation is 1. The van der Waals surface area contributed by atoms with Crippen LogP contribution in [0.4, 0.5) is 13.2 Å². The molecule has 1 aliphatic rings. The highest BCUT2D eigenvalue weighted by Crippen LogP contribution is 2.33. The molecule has 0 spiro atoms. The number of likely N-dealkylation sites (tertiary alicyclic amines) is 1. The Morgan fingerprint density at radius 1 is 1.18 bits per heavy atom. The minimum atomic E-state index is -4.55. The number of rotatable bonds is 5. The number of nitrogens with one attached hydrogen (secondary N) is 1. The number of aromatic amines is 1. The Morgan fingerprint density at radius 3 is 2.53 bits per heavy atom. The molecule has 34 heavy (non-hydrogen) atoms. The smallest absolute Gasteiger partial charge is 0.343 e. The number of nitrogens with zero attached hydrogens (tertiary/aromatic N) is 4. The Balaban J connectivity index is 1.39. The molecule has 1 N–H and O–H groups in total. The fourth-order valence-corrected chi connectivity index (χ4v) is 4.56. The number of hydrogen-bond donors (Lipinski definition) is 1. The van der Waals surface area contributed by atoms with Gasteiger partial charge in [0.15, 0.2) is 0 Å². The van der Waals surface area contributed by atoms with Crippen molar-refractivity contribution in [2.75, 3.05) is 13.1 Å². The summed E-state index contributed by atoms with van der Waals surface area (Å²) in [4.78, 5) is 44.8. The molecule has 1 saturated heterocycles. The van der Waals surface area contributed by atoms with Crippen molar-refractivity contribution < 1.29 is 18.0 Å². The molecule has 1 amide bonds. The Kier molecular flexibility index (Phi) is 6.37. The molecule has 4 rings (SSSR count). The van der Waals surface area contributed by atoms with E-state index in [1.54, 1.807) is 36.1 Å². The van der Waals surface area contributed by atoms with Gasteiger partial charge in [0, 0.05) is 44.4 Å². The standard InChI is InChI=1S/C23H26F3N5O3/c1-14-16(20(33)29(2)22(34)27-14)7-8-19(32)30-11-9-15(10-12-30)13-31-18-6-4-3-5-17(18)28-21(31)23(24,25)26/h3-6,15H,7-13H2,1-2H3,(H,27,34). The summed E-state index contributed by atoms with van der Waals surface area (Å²) in [5, 5.41) is 0.